The predicted molar refractivity (Wildman–Crippen MR) is 51.1 cm³/mol. The molecule has 70 valence electrons. The van der Waals surface area contributed by atoms with Crippen molar-refractivity contribution >= 4 is 5.69 Å². The van der Waals surface area contributed by atoms with E-state index in [4.69, 9.17) is 15.2 Å². The average molecular weight is 179 g/mol. The van der Waals surface area contributed by atoms with Crippen molar-refractivity contribution in [1.29, 1.82) is 0 Å². The molecule has 0 aliphatic carbocycles. The van der Waals surface area contributed by atoms with E-state index in [1.165, 1.54) is 0 Å². The smallest absolute Gasteiger partial charge is 0.163 e. The van der Waals surface area contributed by atoms with Crippen molar-refractivity contribution in [3.63, 3.8) is 0 Å². The largest absolute Gasteiger partial charge is 0.485 e. The van der Waals surface area contributed by atoms with Crippen LogP contribution in [-0.2, 0) is 0 Å². The first-order valence-corrected chi connectivity index (χ1v) is 4.28. The minimum atomic E-state index is -0.247. The van der Waals surface area contributed by atoms with Crippen LogP contribution in [0, 0.1) is 0 Å². The summed E-state index contributed by atoms with van der Waals surface area (Å²) in [7, 11) is 0. The van der Waals surface area contributed by atoms with Crippen molar-refractivity contribution in [2.24, 2.45) is 0 Å². The molecule has 3 nitrogen and oxygen atoms in total. The van der Waals surface area contributed by atoms with Crippen LogP contribution < -0.4 is 15.2 Å². The first kappa shape index (κ1) is 8.23. The van der Waals surface area contributed by atoms with Crippen molar-refractivity contribution in [1.82, 2.24) is 0 Å². The molecule has 0 saturated carbocycles. The first-order chi connectivity index (χ1) is 6.07. The summed E-state index contributed by atoms with van der Waals surface area (Å²) in [6.07, 6.45) is 0. The summed E-state index contributed by atoms with van der Waals surface area (Å²) in [6.45, 7) is 4.54. The third-order valence-corrected chi connectivity index (χ3v) is 1.93. The number of fused-ring (bicyclic) bond motifs is 1. The van der Waals surface area contributed by atoms with Gasteiger partial charge < -0.3 is 15.2 Å². The molecule has 0 atom stereocenters. The first-order valence-electron chi connectivity index (χ1n) is 4.28. The topological polar surface area (TPSA) is 44.5 Å². The zero-order valence-corrected chi connectivity index (χ0v) is 7.83. The minimum absolute atomic E-state index is 0.247. The molecule has 1 aromatic rings. The van der Waals surface area contributed by atoms with Gasteiger partial charge in [-0.25, -0.2) is 0 Å². The maximum atomic E-state index is 5.69. The summed E-state index contributed by atoms with van der Waals surface area (Å²) in [5, 5.41) is 0. The van der Waals surface area contributed by atoms with E-state index in [0.717, 1.165) is 11.5 Å². The Bertz CT molecular complexity index is 334. The van der Waals surface area contributed by atoms with Crippen LogP contribution in [-0.4, -0.2) is 12.2 Å². The van der Waals surface area contributed by atoms with E-state index >= 15 is 0 Å². The second kappa shape index (κ2) is 2.55. The van der Waals surface area contributed by atoms with E-state index in [1.54, 1.807) is 6.07 Å². The van der Waals surface area contributed by atoms with Gasteiger partial charge in [-0.3, -0.25) is 0 Å². The highest BCUT2D eigenvalue weighted by Crippen LogP contribution is 2.36. The van der Waals surface area contributed by atoms with Gasteiger partial charge in [0, 0.05) is 11.8 Å². The Hall–Kier alpha value is -1.38. The van der Waals surface area contributed by atoms with Gasteiger partial charge in [0.05, 0.1) is 0 Å². The van der Waals surface area contributed by atoms with Crippen molar-refractivity contribution in [3.8, 4) is 11.5 Å². The predicted octanol–water partition coefficient (Wildman–Crippen LogP) is 1.82. The van der Waals surface area contributed by atoms with Gasteiger partial charge in [-0.05, 0) is 26.0 Å². The molecule has 1 aliphatic rings. The van der Waals surface area contributed by atoms with Crippen LogP contribution >= 0.6 is 0 Å². The Labute approximate surface area is 77.5 Å². The number of nitrogens with two attached hydrogens (primary N) is 1. The summed E-state index contributed by atoms with van der Waals surface area (Å²) in [5.74, 6) is 1.50. The number of ether oxygens (including phenoxy) is 2. The molecule has 0 spiro atoms. The summed E-state index contributed by atoms with van der Waals surface area (Å²) in [5.41, 5.74) is 6.06. The number of benzene rings is 1. The molecule has 3 heteroatoms. The molecular formula is C10H13NO2. The number of nitrogen functional groups attached to an aromatic ring is 1. The van der Waals surface area contributed by atoms with E-state index in [-0.39, 0.29) is 5.60 Å². The molecule has 0 saturated heterocycles. The molecule has 0 unspecified atom stereocenters. The number of anilines is 1. The quantitative estimate of drug-likeness (QED) is 0.618. The Morgan fingerprint density at radius 3 is 2.85 bits per heavy atom. The molecule has 0 radical (unpaired) electrons. The molecule has 0 aromatic heterocycles. The average Bonchev–Trinajstić information content (AvgIpc) is 2.05. The SMILES string of the molecule is CC1(C)COc2cc(N)ccc2O1. The fraction of sp³-hybridized carbons (Fsp3) is 0.400. The summed E-state index contributed by atoms with van der Waals surface area (Å²) >= 11 is 0. The lowest BCUT2D eigenvalue weighted by molar-refractivity contribution is 0.0214. The molecule has 2 N–H and O–H groups in total. The molecule has 1 heterocycles. The van der Waals surface area contributed by atoms with Gasteiger partial charge in [0.25, 0.3) is 0 Å². The fourth-order valence-electron chi connectivity index (χ4n) is 1.30. The minimum Gasteiger partial charge on any atom is -0.485 e. The van der Waals surface area contributed by atoms with Crippen LogP contribution in [0.25, 0.3) is 0 Å². The van der Waals surface area contributed by atoms with E-state index < -0.39 is 0 Å². The van der Waals surface area contributed by atoms with Crippen LogP contribution in [0.4, 0.5) is 5.69 Å². The Kier molecular flexibility index (Phi) is 1.62. The molecule has 0 fully saturated rings. The number of hydrogen-bond acceptors (Lipinski definition) is 3. The normalized spacial score (nSPS) is 18.3. The maximum Gasteiger partial charge on any atom is 0.163 e. The van der Waals surface area contributed by atoms with Crippen molar-refractivity contribution in [2.75, 3.05) is 12.3 Å². The van der Waals surface area contributed by atoms with Crippen LogP contribution in [0.15, 0.2) is 18.2 Å². The Morgan fingerprint density at radius 1 is 1.31 bits per heavy atom. The fourth-order valence-corrected chi connectivity index (χ4v) is 1.30. The third-order valence-electron chi connectivity index (χ3n) is 1.93. The lowest BCUT2D eigenvalue weighted by Gasteiger charge is -2.32. The zero-order valence-electron chi connectivity index (χ0n) is 7.83. The molecule has 1 aromatic carbocycles. The molecule has 13 heavy (non-hydrogen) atoms. The monoisotopic (exact) mass is 179 g/mol. The lowest BCUT2D eigenvalue weighted by atomic mass is 10.1. The summed E-state index contributed by atoms with van der Waals surface area (Å²) in [4.78, 5) is 0. The molecule has 2 rings (SSSR count). The van der Waals surface area contributed by atoms with Crippen LogP contribution in [0.5, 0.6) is 11.5 Å². The summed E-state index contributed by atoms with van der Waals surface area (Å²) in [6, 6.07) is 5.43. The van der Waals surface area contributed by atoms with Gasteiger partial charge in [0.1, 0.15) is 12.2 Å². The molecule has 1 aliphatic heterocycles. The second-order valence-electron chi connectivity index (χ2n) is 3.86. The Morgan fingerprint density at radius 2 is 2.08 bits per heavy atom. The highest BCUT2D eigenvalue weighted by atomic mass is 16.6. The number of rotatable bonds is 0. The van der Waals surface area contributed by atoms with Crippen LogP contribution in [0.3, 0.4) is 0 Å². The van der Waals surface area contributed by atoms with Crippen LogP contribution in [0.1, 0.15) is 13.8 Å². The van der Waals surface area contributed by atoms with Crippen LogP contribution in [0.2, 0.25) is 0 Å². The van der Waals surface area contributed by atoms with Crippen molar-refractivity contribution in [2.45, 2.75) is 19.4 Å². The highest BCUT2D eigenvalue weighted by molar-refractivity contribution is 5.52. The van der Waals surface area contributed by atoms with E-state index in [9.17, 15) is 0 Å². The summed E-state index contributed by atoms with van der Waals surface area (Å²) < 4.78 is 11.2. The third kappa shape index (κ3) is 1.54. The highest BCUT2D eigenvalue weighted by Gasteiger charge is 2.27. The van der Waals surface area contributed by atoms with Gasteiger partial charge in [0.15, 0.2) is 11.5 Å². The van der Waals surface area contributed by atoms with Gasteiger partial charge in [-0.1, -0.05) is 0 Å². The van der Waals surface area contributed by atoms with Crippen molar-refractivity contribution < 1.29 is 9.47 Å². The van der Waals surface area contributed by atoms with Crippen molar-refractivity contribution in [3.05, 3.63) is 18.2 Å². The van der Waals surface area contributed by atoms with E-state index in [1.807, 2.05) is 26.0 Å². The lowest BCUT2D eigenvalue weighted by Crippen LogP contribution is -2.38. The second-order valence-corrected chi connectivity index (χ2v) is 3.86. The van der Waals surface area contributed by atoms with Gasteiger partial charge in [0.2, 0.25) is 0 Å². The Balaban J connectivity index is 2.37. The van der Waals surface area contributed by atoms with Gasteiger partial charge in [-0.2, -0.15) is 0 Å². The molecule has 0 amide bonds. The van der Waals surface area contributed by atoms with Gasteiger partial charge in [-0.15, -0.1) is 0 Å². The van der Waals surface area contributed by atoms with E-state index in [0.29, 0.717) is 12.3 Å². The zero-order chi connectivity index (χ0) is 9.47. The molecular weight excluding hydrogens is 166 g/mol. The van der Waals surface area contributed by atoms with E-state index in [2.05, 4.69) is 0 Å². The van der Waals surface area contributed by atoms with Gasteiger partial charge >= 0.3 is 0 Å². The molecule has 0 bridgehead atoms. The standard InChI is InChI=1S/C10H13NO2/c1-10(2)6-12-9-5-7(11)3-4-8(9)13-10/h3-5H,6,11H2,1-2H3. The maximum absolute atomic E-state index is 5.69. The number of hydrogen-bond donors (Lipinski definition) is 1.